The number of hydrogen-bond acceptors (Lipinski definition) is 6. The van der Waals surface area contributed by atoms with Gasteiger partial charge in [0.05, 0.1) is 19.4 Å². The second-order valence-electron chi connectivity index (χ2n) is 9.14. The van der Waals surface area contributed by atoms with Gasteiger partial charge in [-0.25, -0.2) is 19.9 Å². The maximum Gasteiger partial charge on any atom is 0.225 e. The molecule has 7 aromatic rings. The van der Waals surface area contributed by atoms with E-state index in [1.54, 1.807) is 6.33 Å². The third kappa shape index (κ3) is 6.07. The average Bonchev–Trinajstić information content (AvgIpc) is 3.57. The zero-order valence-corrected chi connectivity index (χ0v) is 24.8. The summed E-state index contributed by atoms with van der Waals surface area (Å²) in [5.74, 6) is 0.785. The van der Waals surface area contributed by atoms with Gasteiger partial charge < -0.3 is 9.13 Å². The van der Waals surface area contributed by atoms with Crippen LogP contribution in [0.25, 0.3) is 33.7 Å². The highest BCUT2D eigenvalue weighted by Crippen LogP contribution is 2.29. The molecule has 0 N–H and O–H groups in total. The summed E-state index contributed by atoms with van der Waals surface area (Å²) in [4.78, 5) is 25.2. The molecule has 0 radical (unpaired) electrons. The zero-order chi connectivity index (χ0) is 29.1. The lowest BCUT2D eigenvalue weighted by Crippen LogP contribution is -2.03. The van der Waals surface area contributed by atoms with Crippen LogP contribution in [0.1, 0.15) is 11.1 Å². The van der Waals surface area contributed by atoms with Crippen LogP contribution in [-0.4, -0.2) is 39.0 Å². The van der Waals surface area contributed by atoms with Crippen LogP contribution in [0.15, 0.2) is 97.3 Å². The van der Waals surface area contributed by atoms with E-state index in [1.807, 2.05) is 88.0 Å². The number of benzene rings is 3. The highest BCUT2D eigenvalue weighted by atomic mass is 35.5. The monoisotopic (exact) mass is 632 g/mol. The van der Waals surface area contributed by atoms with Crippen molar-refractivity contribution in [3.05, 3.63) is 129 Å². The molecule has 12 heteroatoms. The van der Waals surface area contributed by atoms with E-state index in [9.17, 15) is 0 Å². The first-order valence-electron chi connectivity index (χ1n) is 12.7. The van der Waals surface area contributed by atoms with Crippen molar-refractivity contribution in [3.8, 4) is 11.4 Å². The third-order valence-electron chi connectivity index (χ3n) is 6.33. The predicted molar refractivity (Wildman–Crippen MR) is 167 cm³/mol. The number of imidazole rings is 2. The lowest BCUT2D eigenvalue weighted by atomic mass is 10.2. The summed E-state index contributed by atoms with van der Waals surface area (Å²) in [6, 6.07) is 30.1. The summed E-state index contributed by atoms with van der Waals surface area (Å²) >= 11 is 24.0. The molecule has 208 valence electrons. The van der Waals surface area contributed by atoms with Crippen molar-refractivity contribution in [1.29, 1.82) is 0 Å². The van der Waals surface area contributed by atoms with Gasteiger partial charge in [0.15, 0.2) is 21.6 Å². The van der Waals surface area contributed by atoms with E-state index in [4.69, 9.17) is 46.4 Å². The Kier molecular flexibility index (Phi) is 8.30. The molecular formula is C30H20Cl4N8. The summed E-state index contributed by atoms with van der Waals surface area (Å²) < 4.78 is 3.91. The molecule has 0 aliphatic carbocycles. The van der Waals surface area contributed by atoms with Gasteiger partial charge in [-0.1, -0.05) is 114 Å². The molecule has 0 fully saturated rings. The normalized spacial score (nSPS) is 11.0. The Balaban J connectivity index is 0.000000157. The van der Waals surface area contributed by atoms with E-state index >= 15 is 0 Å². The van der Waals surface area contributed by atoms with E-state index in [0.29, 0.717) is 35.4 Å². The van der Waals surface area contributed by atoms with Gasteiger partial charge in [-0.3, -0.25) is 0 Å². The van der Waals surface area contributed by atoms with Crippen molar-refractivity contribution in [1.82, 2.24) is 39.0 Å². The number of aromatic nitrogens is 8. The molecule has 42 heavy (non-hydrogen) atoms. The SMILES string of the molecule is Clc1nc(Cl)c2nc(-c3ccccc3)n(Cc3ccccc3)c2n1.Clc1nc(Cl)c2ncn(Cc3ccccc3)c2n1. The largest absolute Gasteiger partial charge is 0.311 e. The lowest BCUT2D eigenvalue weighted by Gasteiger charge is -2.09. The molecule has 4 heterocycles. The van der Waals surface area contributed by atoms with Crippen LogP contribution >= 0.6 is 46.4 Å². The second kappa shape index (κ2) is 12.4. The number of hydrogen-bond donors (Lipinski definition) is 0. The van der Waals surface area contributed by atoms with Crippen molar-refractivity contribution in [2.75, 3.05) is 0 Å². The van der Waals surface area contributed by atoms with Gasteiger partial charge in [0, 0.05) is 5.56 Å². The molecular weight excluding hydrogens is 614 g/mol. The van der Waals surface area contributed by atoms with Gasteiger partial charge in [0.25, 0.3) is 0 Å². The molecule has 0 amide bonds. The van der Waals surface area contributed by atoms with Crippen molar-refractivity contribution in [2.45, 2.75) is 13.1 Å². The smallest absolute Gasteiger partial charge is 0.225 e. The van der Waals surface area contributed by atoms with E-state index in [0.717, 1.165) is 22.5 Å². The summed E-state index contributed by atoms with van der Waals surface area (Å²) in [7, 11) is 0. The highest BCUT2D eigenvalue weighted by molar-refractivity contribution is 6.35. The van der Waals surface area contributed by atoms with E-state index < -0.39 is 0 Å². The molecule has 0 unspecified atom stereocenters. The Morgan fingerprint density at radius 1 is 0.524 bits per heavy atom. The molecule has 8 nitrogen and oxygen atoms in total. The minimum Gasteiger partial charge on any atom is -0.311 e. The Bertz CT molecular complexity index is 1980. The summed E-state index contributed by atoms with van der Waals surface area (Å²) in [5.41, 5.74) is 5.67. The molecule has 0 atom stereocenters. The summed E-state index contributed by atoms with van der Waals surface area (Å²) in [5, 5.41) is 0.773. The van der Waals surface area contributed by atoms with Crippen molar-refractivity contribution >= 4 is 68.7 Å². The minimum absolute atomic E-state index is 0.112. The standard InChI is InChI=1S/C18H12Cl2N4.C12H8Cl2N4/c19-15-14-17(23-18(20)22-15)24(11-12-7-3-1-4-8-12)16(21-14)13-9-5-2-6-10-13;13-10-9-11(17-12(14)16-10)18(7-15-9)6-8-4-2-1-3-5-8/h1-10H,11H2;1-5,7H,6H2. The van der Waals surface area contributed by atoms with Crippen molar-refractivity contribution < 1.29 is 0 Å². The molecule has 0 bridgehead atoms. The first-order chi connectivity index (χ1) is 20.5. The Hall–Kier alpha value is -4.08. The van der Waals surface area contributed by atoms with Gasteiger partial charge in [0.1, 0.15) is 16.9 Å². The van der Waals surface area contributed by atoms with Crippen LogP contribution in [0.3, 0.4) is 0 Å². The number of fused-ring (bicyclic) bond motifs is 2. The van der Waals surface area contributed by atoms with Gasteiger partial charge in [0.2, 0.25) is 10.6 Å². The Morgan fingerprint density at radius 2 is 1.05 bits per heavy atom. The van der Waals surface area contributed by atoms with Gasteiger partial charge in [-0.15, -0.1) is 0 Å². The Morgan fingerprint density at radius 3 is 1.67 bits per heavy atom. The maximum absolute atomic E-state index is 6.23. The lowest BCUT2D eigenvalue weighted by molar-refractivity contribution is 0.813. The average molecular weight is 634 g/mol. The van der Waals surface area contributed by atoms with Gasteiger partial charge in [-0.05, 0) is 34.3 Å². The van der Waals surface area contributed by atoms with Crippen LogP contribution in [0.4, 0.5) is 0 Å². The Labute approximate surface area is 260 Å². The molecule has 0 aliphatic heterocycles. The molecule has 0 saturated carbocycles. The van der Waals surface area contributed by atoms with Crippen molar-refractivity contribution in [3.63, 3.8) is 0 Å². The third-order valence-corrected chi connectivity index (χ3v) is 7.20. The first-order valence-corrected chi connectivity index (χ1v) is 14.2. The zero-order valence-electron chi connectivity index (χ0n) is 21.7. The van der Waals surface area contributed by atoms with Gasteiger partial charge in [-0.2, -0.15) is 9.97 Å². The molecule has 0 saturated heterocycles. The second-order valence-corrected chi connectivity index (χ2v) is 10.5. The van der Waals surface area contributed by atoms with Crippen LogP contribution in [0.5, 0.6) is 0 Å². The van der Waals surface area contributed by atoms with Gasteiger partial charge >= 0.3 is 0 Å². The minimum atomic E-state index is 0.112. The summed E-state index contributed by atoms with van der Waals surface area (Å²) in [6.45, 7) is 1.28. The molecule has 4 aromatic heterocycles. The predicted octanol–water partition coefficient (Wildman–Crippen LogP) is 8.03. The van der Waals surface area contributed by atoms with E-state index in [-0.39, 0.29) is 20.9 Å². The number of nitrogens with zero attached hydrogens (tertiary/aromatic N) is 8. The maximum atomic E-state index is 6.23. The molecule has 3 aromatic carbocycles. The summed E-state index contributed by atoms with van der Waals surface area (Å²) in [6.07, 6.45) is 1.69. The van der Waals surface area contributed by atoms with E-state index in [1.165, 1.54) is 0 Å². The molecule has 0 aliphatic rings. The highest BCUT2D eigenvalue weighted by Gasteiger charge is 2.18. The fourth-order valence-electron chi connectivity index (χ4n) is 4.45. The molecule has 0 spiro atoms. The van der Waals surface area contributed by atoms with E-state index in [2.05, 4.69) is 42.0 Å². The number of halogens is 4. The number of rotatable bonds is 5. The first kappa shape index (κ1) is 28.1. The fourth-order valence-corrected chi connectivity index (χ4v) is 5.28. The van der Waals surface area contributed by atoms with Crippen LogP contribution in [0.2, 0.25) is 20.9 Å². The van der Waals surface area contributed by atoms with Crippen molar-refractivity contribution in [2.24, 2.45) is 0 Å². The topological polar surface area (TPSA) is 87.2 Å². The quantitative estimate of drug-likeness (QED) is 0.141. The molecule has 7 rings (SSSR count). The van der Waals surface area contributed by atoms with Crippen LogP contribution in [0, 0.1) is 0 Å². The van der Waals surface area contributed by atoms with Crippen LogP contribution < -0.4 is 0 Å². The van der Waals surface area contributed by atoms with Crippen LogP contribution in [-0.2, 0) is 13.1 Å². The fraction of sp³-hybridized carbons (Fsp3) is 0.0667.